The molecule has 1 heterocycles. The molecule has 1 fully saturated rings. The van der Waals surface area contributed by atoms with Crippen LogP contribution >= 0.6 is 0 Å². The van der Waals surface area contributed by atoms with Crippen LogP contribution in [0.25, 0.3) is 0 Å². The summed E-state index contributed by atoms with van der Waals surface area (Å²) in [7, 11) is 0. The summed E-state index contributed by atoms with van der Waals surface area (Å²) in [6, 6.07) is 0. The summed E-state index contributed by atoms with van der Waals surface area (Å²) in [6.45, 7) is 5.86. The second kappa shape index (κ2) is 3.05. The zero-order chi connectivity index (χ0) is 5.82. The van der Waals surface area contributed by atoms with Crippen molar-refractivity contribution in [3.63, 3.8) is 0 Å². The average molecular weight is 115 g/mol. The van der Waals surface area contributed by atoms with Crippen molar-refractivity contribution in [2.24, 2.45) is 5.92 Å². The highest BCUT2D eigenvalue weighted by molar-refractivity contribution is 4.59. The van der Waals surface area contributed by atoms with Crippen molar-refractivity contribution in [1.29, 1.82) is 0 Å². The molecule has 0 aromatic carbocycles. The van der Waals surface area contributed by atoms with Crippen molar-refractivity contribution in [2.75, 3.05) is 20.0 Å². The van der Waals surface area contributed by atoms with Gasteiger partial charge in [-0.05, 0) is 6.42 Å². The zero-order valence-corrected chi connectivity index (χ0v) is 4.93. The Kier molecular flexibility index (Phi) is 2.30. The van der Waals surface area contributed by atoms with E-state index in [1.807, 2.05) is 0 Å². The molecule has 0 N–H and O–H groups in total. The molecule has 1 aliphatic rings. The maximum Gasteiger partial charge on any atom is 0.146 e. The van der Waals surface area contributed by atoms with Crippen LogP contribution in [0.4, 0.5) is 0 Å². The highest BCUT2D eigenvalue weighted by Gasteiger charge is 2.10. The van der Waals surface area contributed by atoms with Crippen LogP contribution in [-0.2, 0) is 9.47 Å². The van der Waals surface area contributed by atoms with Crippen molar-refractivity contribution < 1.29 is 9.47 Å². The molecule has 1 aliphatic heterocycles. The first kappa shape index (κ1) is 6.05. The Morgan fingerprint density at radius 2 is 2.00 bits per heavy atom. The molecule has 8 heavy (non-hydrogen) atoms. The third-order valence-corrected chi connectivity index (χ3v) is 1.28. The third-order valence-electron chi connectivity index (χ3n) is 1.28. The maximum absolute atomic E-state index is 5.01. The number of rotatable bonds is 1. The van der Waals surface area contributed by atoms with Crippen LogP contribution in [0.15, 0.2) is 0 Å². The van der Waals surface area contributed by atoms with Gasteiger partial charge in [-0.15, -0.1) is 0 Å². The molecule has 1 radical (unpaired) electrons. The molecule has 0 saturated carbocycles. The molecule has 1 rings (SSSR count). The summed E-state index contributed by atoms with van der Waals surface area (Å²) in [4.78, 5) is 0. The molecule has 2 heteroatoms. The van der Waals surface area contributed by atoms with E-state index in [0.29, 0.717) is 12.7 Å². The molecule has 2 nitrogen and oxygen atoms in total. The SMILES string of the molecule is [CH2]CC1COCOC1. The highest BCUT2D eigenvalue weighted by atomic mass is 16.7. The number of hydrogen-bond acceptors (Lipinski definition) is 2. The van der Waals surface area contributed by atoms with Crippen molar-refractivity contribution in [3.05, 3.63) is 6.92 Å². The zero-order valence-electron chi connectivity index (χ0n) is 4.93. The highest BCUT2D eigenvalue weighted by Crippen LogP contribution is 2.07. The van der Waals surface area contributed by atoms with E-state index in [-0.39, 0.29) is 0 Å². The average Bonchev–Trinajstić information content (AvgIpc) is 1.90. The topological polar surface area (TPSA) is 18.5 Å². The van der Waals surface area contributed by atoms with Crippen LogP contribution in [0.1, 0.15) is 6.42 Å². The summed E-state index contributed by atoms with van der Waals surface area (Å²) in [6.07, 6.45) is 0.917. The Hall–Kier alpha value is -0.0800. The van der Waals surface area contributed by atoms with Crippen LogP contribution < -0.4 is 0 Å². The Balaban J connectivity index is 2.13. The fourth-order valence-electron chi connectivity index (χ4n) is 0.703. The van der Waals surface area contributed by atoms with Gasteiger partial charge in [0.25, 0.3) is 0 Å². The van der Waals surface area contributed by atoms with Gasteiger partial charge in [-0.2, -0.15) is 0 Å². The van der Waals surface area contributed by atoms with Gasteiger partial charge < -0.3 is 9.47 Å². The largest absolute Gasteiger partial charge is 0.355 e. The van der Waals surface area contributed by atoms with Crippen LogP contribution in [0.2, 0.25) is 0 Å². The fraction of sp³-hybridized carbons (Fsp3) is 0.833. The van der Waals surface area contributed by atoms with Crippen LogP contribution in [0.5, 0.6) is 0 Å². The smallest absolute Gasteiger partial charge is 0.146 e. The monoisotopic (exact) mass is 115 g/mol. The summed E-state index contributed by atoms with van der Waals surface area (Å²) in [5.74, 6) is 0.531. The van der Waals surface area contributed by atoms with Gasteiger partial charge >= 0.3 is 0 Å². The molecule has 0 aromatic rings. The molecule has 47 valence electrons. The molecule has 1 saturated heterocycles. The summed E-state index contributed by atoms with van der Waals surface area (Å²) >= 11 is 0. The predicted octanol–water partition coefficient (Wildman–Crippen LogP) is 0.831. The molecule has 0 atom stereocenters. The fourth-order valence-corrected chi connectivity index (χ4v) is 0.703. The lowest BCUT2D eigenvalue weighted by molar-refractivity contribution is -0.125. The van der Waals surface area contributed by atoms with E-state index in [1.165, 1.54) is 0 Å². The summed E-state index contributed by atoms with van der Waals surface area (Å²) in [5.41, 5.74) is 0. The first-order chi connectivity index (χ1) is 3.93. The second-order valence-corrected chi connectivity index (χ2v) is 2.01. The lowest BCUT2D eigenvalue weighted by atomic mass is 10.1. The third kappa shape index (κ3) is 1.46. The molecule has 0 bridgehead atoms. The molecular formula is C6H11O2. The van der Waals surface area contributed by atoms with Gasteiger partial charge in [0.15, 0.2) is 0 Å². The first-order valence-corrected chi connectivity index (χ1v) is 2.88. The van der Waals surface area contributed by atoms with E-state index in [1.54, 1.807) is 0 Å². The van der Waals surface area contributed by atoms with Gasteiger partial charge in [-0.3, -0.25) is 0 Å². The quantitative estimate of drug-likeness (QED) is 0.504. The summed E-state index contributed by atoms with van der Waals surface area (Å²) < 4.78 is 10.0. The van der Waals surface area contributed by atoms with Crippen molar-refractivity contribution in [2.45, 2.75) is 6.42 Å². The minimum Gasteiger partial charge on any atom is -0.355 e. The first-order valence-electron chi connectivity index (χ1n) is 2.88. The predicted molar refractivity (Wildman–Crippen MR) is 30.2 cm³/mol. The second-order valence-electron chi connectivity index (χ2n) is 2.01. The Labute approximate surface area is 49.8 Å². The number of ether oxygens (including phenoxy) is 2. The van der Waals surface area contributed by atoms with Gasteiger partial charge in [0.05, 0.1) is 13.2 Å². The lowest BCUT2D eigenvalue weighted by Crippen LogP contribution is -2.23. The molecule has 0 unspecified atom stereocenters. The van der Waals surface area contributed by atoms with Gasteiger partial charge in [0, 0.05) is 5.92 Å². The maximum atomic E-state index is 5.01. The molecule has 0 spiro atoms. The summed E-state index contributed by atoms with van der Waals surface area (Å²) in [5, 5.41) is 0. The standard InChI is InChI=1S/C6H11O2/c1-2-6-3-7-5-8-4-6/h6H,1-5H2. The molecule has 0 aliphatic carbocycles. The van der Waals surface area contributed by atoms with Gasteiger partial charge in [0.2, 0.25) is 0 Å². The van der Waals surface area contributed by atoms with E-state index in [4.69, 9.17) is 9.47 Å². The van der Waals surface area contributed by atoms with Gasteiger partial charge in [-0.1, -0.05) is 6.92 Å². The molecule has 0 amide bonds. The van der Waals surface area contributed by atoms with Crippen LogP contribution in [0, 0.1) is 12.8 Å². The van der Waals surface area contributed by atoms with E-state index < -0.39 is 0 Å². The van der Waals surface area contributed by atoms with E-state index in [9.17, 15) is 0 Å². The van der Waals surface area contributed by atoms with Gasteiger partial charge in [-0.25, -0.2) is 0 Å². The minimum absolute atomic E-state index is 0.469. The Morgan fingerprint density at radius 3 is 2.38 bits per heavy atom. The lowest BCUT2D eigenvalue weighted by Gasteiger charge is -2.20. The molecular weight excluding hydrogens is 104 g/mol. The van der Waals surface area contributed by atoms with Crippen molar-refractivity contribution in [1.82, 2.24) is 0 Å². The van der Waals surface area contributed by atoms with E-state index in [0.717, 1.165) is 19.6 Å². The van der Waals surface area contributed by atoms with E-state index >= 15 is 0 Å². The van der Waals surface area contributed by atoms with Crippen molar-refractivity contribution >= 4 is 0 Å². The van der Waals surface area contributed by atoms with Crippen LogP contribution in [0.3, 0.4) is 0 Å². The Bertz CT molecular complexity index is 57.5. The van der Waals surface area contributed by atoms with Crippen molar-refractivity contribution in [3.8, 4) is 0 Å². The van der Waals surface area contributed by atoms with Crippen LogP contribution in [-0.4, -0.2) is 20.0 Å². The van der Waals surface area contributed by atoms with Gasteiger partial charge in [0.1, 0.15) is 6.79 Å². The minimum atomic E-state index is 0.469. The Morgan fingerprint density at radius 1 is 1.38 bits per heavy atom. The normalized spacial score (nSPS) is 23.6. The van der Waals surface area contributed by atoms with E-state index in [2.05, 4.69) is 6.92 Å². The number of hydrogen-bond donors (Lipinski definition) is 0. The molecule has 0 aromatic heterocycles.